The summed E-state index contributed by atoms with van der Waals surface area (Å²) in [6, 6.07) is 17.3. The molecule has 0 N–H and O–H groups in total. The van der Waals surface area contributed by atoms with Crippen LogP contribution < -0.4 is 4.74 Å². The van der Waals surface area contributed by atoms with Gasteiger partial charge in [0, 0.05) is 11.8 Å². The number of rotatable bonds is 0. The van der Waals surface area contributed by atoms with Gasteiger partial charge < -0.3 is 4.74 Å². The van der Waals surface area contributed by atoms with Crippen LogP contribution >= 0.6 is 0 Å². The molecule has 0 unspecified atom stereocenters. The Kier molecular flexibility index (Phi) is 1.72. The van der Waals surface area contributed by atoms with Crippen molar-refractivity contribution in [1.82, 2.24) is 0 Å². The normalized spacial score (nSPS) is 13.9. The summed E-state index contributed by atoms with van der Waals surface area (Å²) in [5, 5.41) is 5.14. The van der Waals surface area contributed by atoms with E-state index < -0.39 is 0 Å². The molecule has 0 saturated carbocycles. The van der Waals surface area contributed by atoms with Gasteiger partial charge >= 0.3 is 0 Å². The highest BCUT2D eigenvalue weighted by molar-refractivity contribution is 6.09. The summed E-state index contributed by atoms with van der Waals surface area (Å²) in [6.45, 7) is 0.821. The highest BCUT2D eigenvalue weighted by Crippen LogP contribution is 2.37. The third-order valence-electron chi connectivity index (χ3n) is 3.58. The van der Waals surface area contributed by atoms with E-state index in [4.69, 9.17) is 4.74 Å². The molecule has 0 saturated heterocycles. The standard InChI is InChI=1S/C16H12O/c1-2-4-13-11(3-1)5-8-15-14(13)7-6-12-9-10-17-16(12)15/h1-8H,9-10H2. The summed E-state index contributed by atoms with van der Waals surface area (Å²) < 4.78 is 5.76. The molecule has 0 fully saturated rings. The molecule has 1 aliphatic heterocycles. The van der Waals surface area contributed by atoms with E-state index in [1.54, 1.807) is 0 Å². The molecule has 0 radical (unpaired) electrons. The second-order valence-corrected chi connectivity index (χ2v) is 4.53. The lowest BCUT2D eigenvalue weighted by Gasteiger charge is -2.07. The molecule has 0 aliphatic carbocycles. The molecule has 3 aromatic carbocycles. The molecular formula is C16H12O. The Labute approximate surface area is 99.6 Å². The first-order valence-corrected chi connectivity index (χ1v) is 6.00. The second-order valence-electron chi connectivity index (χ2n) is 4.53. The summed E-state index contributed by atoms with van der Waals surface area (Å²) in [5.74, 6) is 1.09. The Bertz CT molecular complexity index is 728. The number of benzene rings is 3. The first-order valence-electron chi connectivity index (χ1n) is 6.00. The first-order chi connectivity index (χ1) is 8.43. The van der Waals surface area contributed by atoms with Crippen LogP contribution in [0.5, 0.6) is 5.75 Å². The van der Waals surface area contributed by atoms with E-state index in [0.29, 0.717) is 0 Å². The van der Waals surface area contributed by atoms with Gasteiger partial charge in [-0.25, -0.2) is 0 Å². The van der Waals surface area contributed by atoms with Crippen LogP contribution in [0.4, 0.5) is 0 Å². The number of hydrogen-bond acceptors (Lipinski definition) is 1. The zero-order chi connectivity index (χ0) is 11.2. The molecular weight excluding hydrogens is 208 g/mol. The summed E-state index contributed by atoms with van der Waals surface area (Å²) in [7, 11) is 0. The number of hydrogen-bond donors (Lipinski definition) is 0. The topological polar surface area (TPSA) is 9.23 Å². The molecule has 0 atom stereocenters. The fraction of sp³-hybridized carbons (Fsp3) is 0.125. The maximum absolute atomic E-state index is 5.76. The predicted octanol–water partition coefficient (Wildman–Crippen LogP) is 3.93. The van der Waals surface area contributed by atoms with Crippen molar-refractivity contribution in [2.45, 2.75) is 6.42 Å². The van der Waals surface area contributed by atoms with Gasteiger partial charge in [0.05, 0.1) is 6.61 Å². The SMILES string of the molecule is c1ccc2c(c1)ccc1c3c(ccc12)CCO3. The maximum atomic E-state index is 5.76. The van der Waals surface area contributed by atoms with E-state index in [-0.39, 0.29) is 0 Å². The van der Waals surface area contributed by atoms with Crippen LogP contribution in [-0.2, 0) is 6.42 Å². The van der Waals surface area contributed by atoms with E-state index in [9.17, 15) is 0 Å². The average Bonchev–Trinajstić information content (AvgIpc) is 2.86. The third kappa shape index (κ3) is 1.19. The van der Waals surface area contributed by atoms with Gasteiger partial charge in [0.25, 0.3) is 0 Å². The zero-order valence-corrected chi connectivity index (χ0v) is 9.44. The Hall–Kier alpha value is -2.02. The molecule has 0 aromatic heterocycles. The Morgan fingerprint density at radius 3 is 2.65 bits per heavy atom. The lowest BCUT2D eigenvalue weighted by Crippen LogP contribution is -1.87. The molecule has 0 amide bonds. The zero-order valence-electron chi connectivity index (χ0n) is 9.44. The molecule has 1 aliphatic rings. The van der Waals surface area contributed by atoms with Crippen LogP contribution in [0, 0.1) is 0 Å². The summed E-state index contributed by atoms with van der Waals surface area (Å²) >= 11 is 0. The van der Waals surface area contributed by atoms with E-state index in [1.165, 1.54) is 27.1 Å². The Balaban J connectivity index is 2.22. The quantitative estimate of drug-likeness (QED) is 0.522. The average molecular weight is 220 g/mol. The fourth-order valence-corrected chi connectivity index (χ4v) is 2.74. The van der Waals surface area contributed by atoms with Crippen LogP contribution in [-0.4, -0.2) is 6.61 Å². The number of ether oxygens (including phenoxy) is 1. The van der Waals surface area contributed by atoms with Crippen molar-refractivity contribution in [3.8, 4) is 5.75 Å². The molecule has 3 aromatic rings. The molecule has 1 heterocycles. The Morgan fingerprint density at radius 1 is 0.765 bits per heavy atom. The third-order valence-corrected chi connectivity index (χ3v) is 3.58. The highest BCUT2D eigenvalue weighted by Gasteiger charge is 2.15. The van der Waals surface area contributed by atoms with E-state index in [2.05, 4.69) is 48.5 Å². The fourth-order valence-electron chi connectivity index (χ4n) is 2.74. The van der Waals surface area contributed by atoms with Crippen LogP contribution in [0.25, 0.3) is 21.5 Å². The summed E-state index contributed by atoms with van der Waals surface area (Å²) in [6.07, 6.45) is 1.04. The van der Waals surface area contributed by atoms with Gasteiger partial charge in [0.2, 0.25) is 0 Å². The van der Waals surface area contributed by atoms with Crippen molar-refractivity contribution in [1.29, 1.82) is 0 Å². The second kappa shape index (κ2) is 3.24. The highest BCUT2D eigenvalue weighted by atomic mass is 16.5. The van der Waals surface area contributed by atoms with Crippen LogP contribution in [0.2, 0.25) is 0 Å². The van der Waals surface area contributed by atoms with Crippen molar-refractivity contribution < 1.29 is 4.74 Å². The van der Waals surface area contributed by atoms with E-state index in [0.717, 1.165) is 18.8 Å². The van der Waals surface area contributed by atoms with Crippen molar-refractivity contribution in [2.24, 2.45) is 0 Å². The lowest BCUT2D eigenvalue weighted by molar-refractivity contribution is 0.360. The number of fused-ring (bicyclic) bond motifs is 5. The van der Waals surface area contributed by atoms with Crippen molar-refractivity contribution in [3.05, 3.63) is 54.1 Å². The molecule has 17 heavy (non-hydrogen) atoms. The van der Waals surface area contributed by atoms with E-state index in [1.807, 2.05) is 0 Å². The van der Waals surface area contributed by atoms with Gasteiger partial charge in [-0.05, 0) is 21.7 Å². The lowest BCUT2D eigenvalue weighted by atomic mass is 9.99. The van der Waals surface area contributed by atoms with Crippen molar-refractivity contribution in [2.75, 3.05) is 6.61 Å². The molecule has 0 bridgehead atoms. The van der Waals surface area contributed by atoms with Crippen molar-refractivity contribution >= 4 is 21.5 Å². The van der Waals surface area contributed by atoms with Crippen LogP contribution in [0.1, 0.15) is 5.56 Å². The first kappa shape index (κ1) is 9.06. The summed E-state index contributed by atoms with van der Waals surface area (Å²) in [4.78, 5) is 0. The molecule has 1 nitrogen and oxygen atoms in total. The largest absolute Gasteiger partial charge is 0.492 e. The molecule has 1 heteroatoms. The minimum absolute atomic E-state index is 0.821. The van der Waals surface area contributed by atoms with Gasteiger partial charge in [-0.3, -0.25) is 0 Å². The van der Waals surface area contributed by atoms with Gasteiger partial charge in [-0.2, -0.15) is 0 Å². The Morgan fingerprint density at radius 2 is 1.65 bits per heavy atom. The molecule has 82 valence electrons. The smallest absolute Gasteiger partial charge is 0.130 e. The van der Waals surface area contributed by atoms with Gasteiger partial charge in [0.15, 0.2) is 0 Å². The van der Waals surface area contributed by atoms with Crippen LogP contribution in [0.3, 0.4) is 0 Å². The van der Waals surface area contributed by atoms with Crippen LogP contribution in [0.15, 0.2) is 48.5 Å². The minimum atomic E-state index is 0.821. The maximum Gasteiger partial charge on any atom is 0.130 e. The van der Waals surface area contributed by atoms with E-state index >= 15 is 0 Å². The van der Waals surface area contributed by atoms with Gasteiger partial charge in [-0.15, -0.1) is 0 Å². The summed E-state index contributed by atoms with van der Waals surface area (Å²) in [5.41, 5.74) is 1.34. The minimum Gasteiger partial charge on any atom is -0.492 e. The predicted molar refractivity (Wildman–Crippen MR) is 70.7 cm³/mol. The van der Waals surface area contributed by atoms with Gasteiger partial charge in [-0.1, -0.05) is 48.5 Å². The molecule has 0 spiro atoms. The van der Waals surface area contributed by atoms with Gasteiger partial charge in [0.1, 0.15) is 5.75 Å². The monoisotopic (exact) mass is 220 g/mol. The molecule has 4 rings (SSSR count). The van der Waals surface area contributed by atoms with Crippen molar-refractivity contribution in [3.63, 3.8) is 0 Å².